The number of aromatic nitrogens is 2. The van der Waals surface area contributed by atoms with Crippen LogP contribution >= 0.6 is 23.1 Å². The van der Waals surface area contributed by atoms with Gasteiger partial charge in [-0.15, -0.1) is 10.2 Å². The molecule has 0 spiro atoms. The number of ketones is 1. The van der Waals surface area contributed by atoms with E-state index in [0.29, 0.717) is 22.4 Å². The number of rotatable bonds is 9. The summed E-state index contributed by atoms with van der Waals surface area (Å²) in [6.07, 6.45) is 0. The quantitative estimate of drug-likeness (QED) is 0.0582. The first-order valence-corrected chi connectivity index (χ1v) is 15.6. The molecule has 1 fully saturated rings. The number of ether oxygens (including phenoxy) is 1. The molecule has 226 valence electrons. The Hall–Kier alpha value is -4.87. The van der Waals surface area contributed by atoms with Crippen LogP contribution in [0.3, 0.4) is 0 Å². The number of carbonyl (C=O) groups excluding carboxylic acids is 2. The highest BCUT2D eigenvalue weighted by atomic mass is 32.2. The van der Waals surface area contributed by atoms with Crippen molar-refractivity contribution in [1.82, 2.24) is 10.2 Å². The minimum absolute atomic E-state index is 0.0205. The largest absolute Gasteiger partial charge is 0.507 e. The molecule has 0 aliphatic carbocycles. The molecule has 11 heteroatoms. The second-order valence-corrected chi connectivity index (χ2v) is 12.4. The number of halogens is 2. The standard InChI is InChI=1S/C34H25F2N3O4S2/c1-20-6-2-3-7-23(20)18-43-25-16-12-22(13-17-25)30(40)28-29(26-8-4-5-9-27(26)36)39(32(42)31(28)41)33-37-38-34(45-33)44-19-21-10-14-24(35)15-11-21/h2-17,29,40H,18-19H2,1H3/b30-28+. The highest BCUT2D eigenvalue weighted by molar-refractivity contribution is 8.00. The van der Waals surface area contributed by atoms with Gasteiger partial charge in [-0.2, -0.15) is 0 Å². The zero-order valence-electron chi connectivity index (χ0n) is 23.8. The monoisotopic (exact) mass is 641 g/mol. The number of Topliss-reactive ketones (excluding diaryl/α,β-unsaturated/α-hetero) is 1. The summed E-state index contributed by atoms with van der Waals surface area (Å²) in [4.78, 5) is 28.0. The number of hydrogen-bond donors (Lipinski definition) is 1. The summed E-state index contributed by atoms with van der Waals surface area (Å²) in [5, 5.41) is 19.8. The van der Waals surface area contributed by atoms with Crippen molar-refractivity contribution >= 4 is 45.7 Å². The molecule has 7 nitrogen and oxygen atoms in total. The number of amides is 1. The fourth-order valence-electron chi connectivity index (χ4n) is 4.90. The van der Waals surface area contributed by atoms with E-state index in [9.17, 15) is 19.1 Å². The van der Waals surface area contributed by atoms with Crippen molar-refractivity contribution in [3.8, 4) is 5.75 Å². The van der Waals surface area contributed by atoms with Crippen molar-refractivity contribution in [1.29, 1.82) is 0 Å². The van der Waals surface area contributed by atoms with Gasteiger partial charge >= 0.3 is 5.91 Å². The summed E-state index contributed by atoms with van der Waals surface area (Å²) in [7, 11) is 0. The zero-order chi connectivity index (χ0) is 31.5. The zero-order valence-corrected chi connectivity index (χ0v) is 25.4. The van der Waals surface area contributed by atoms with Gasteiger partial charge in [0, 0.05) is 16.9 Å². The fourth-order valence-corrected chi connectivity index (χ4v) is 6.73. The summed E-state index contributed by atoms with van der Waals surface area (Å²) in [5.74, 6) is -2.38. The van der Waals surface area contributed by atoms with Crippen LogP contribution in [-0.2, 0) is 21.9 Å². The van der Waals surface area contributed by atoms with E-state index in [0.717, 1.165) is 32.9 Å². The van der Waals surface area contributed by atoms with Crippen LogP contribution in [0.25, 0.3) is 5.76 Å². The maximum Gasteiger partial charge on any atom is 0.301 e. The Labute approximate surface area is 265 Å². The molecule has 1 unspecified atom stereocenters. The molecule has 4 aromatic carbocycles. The topological polar surface area (TPSA) is 92.6 Å². The molecule has 1 aliphatic heterocycles. The minimum Gasteiger partial charge on any atom is -0.507 e. The van der Waals surface area contributed by atoms with Crippen molar-refractivity contribution in [2.75, 3.05) is 4.90 Å². The Morgan fingerprint density at radius 2 is 1.64 bits per heavy atom. The highest BCUT2D eigenvalue weighted by Gasteiger charge is 2.49. The molecular weight excluding hydrogens is 617 g/mol. The lowest BCUT2D eigenvalue weighted by Crippen LogP contribution is -2.29. The van der Waals surface area contributed by atoms with E-state index in [1.165, 1.54) is 42.1 Å². The van der Waals surface area contributed by atoms with Gasteiger partial charge < -0.3 is 9.84 Å². The van der Waals surface area contributed by atoms with Crippen molar-refractivity contribution in [3.63, 3.8) is 0 Å². The minimum atomic E-state index is -1.29. The first kappa shape index (κ1) is 30.2. The summed E-state index contributed by atoms with van der Waals surface area (Å²) in [6.45, 7) is 2.35. The van der Waals surface area contributed by atoms with E-state index in [1.807, 2.05) is 31.2 Å². The lowest BCUT2D eigenvalue weighted by molar-refractivity contribution is -0.132. The van der Waals surface area contributed by atoms with Crippen LogP contribution in [-0.4, -0.2) is 27.0 Å². The number of nitrogens with zero attached hydrogens (tertiary/aromatic N) is 3. The van der Waals surface area contributed by atoms with Gasteiger partial charge in [0.25, 0.3) is 5.78 Å². The van der Waals surface area contributed by atoms with E-state index in [1.54, 1.807) is 42.5 Å². The first-order valence-electron chi connectivity index (χ1n) is 13.8. The van der Waals surface area contributed by atoms with Crippen LogP contribution in [0.5, 0.6) is 5.75 Å². The number of aliphatic hydroxyl groups is 1. The van der Waals surface area contributed by atoms with Crippen LogP contribution in [0.15, 0.2) is 107 Å². The lowest BCUT2D eigenvalue weighted by Gasteiger charge is -2.22. The van der Waals surface area contributed by atoms with Crippen molar-refractivity contribution in [2.24, 2.45) is 0 Å². The predicted octanol–water partition coefficient (Wildman–Crippen LogP) is 7.62. The maximum absolute atomic E-state index is 15.2. The summed E-state index contributed by atoms with van der Waals surface area (Å²) >= 11 is 2.38. The molecule has 1 amide bonds. The van der Waals surface area contributed by atoms with Crippen LogP contribution in [0, 0.1) is 18.6 Å². The summed E-state index contributed by atoms with van der Waals surface area (Å²) in [6, 6.07) is 24.8. The molecule has 45 heavy (non-hydrogen) atoms. The van der Waals surface area contributed by atoms with Crippen molar-refractivity contribution < 1.29 is 28.2 Å². The molecule has 1 atom stereocenters. The van der Waals surface area contributed by atoms with Crippen molar-refractivity contribution in [2.45, 2.75) is 29.7 Å². The third-order valence-electron chi connectivity index (χ3n) is 7.31. The molecule has 1 aliphatic rings. The van der Waals surface area contributed by atoms with E-state index in [2.05, 4.69) is 10.2 Å². The number of hydrogen-bond acceptors (Lipinski definition) is 8. The normalized spacial score (nSPS) is 15.9. The third-order valence-corrected chi connectivity index (χ3v) is 9.43. The molecule has 1 saturated heterocycles. The van der Waals surface area contributed by atoms with Gasteiger partial charge in [-0.1, -0.05) is 77.7 Å². The molecule has 0 saturated carbocycles. The molecule has 1 aromatic heterocycles. The molecule has 0 radical (unpaired) electrons. The van der Waals surface area contributed by atoms with Crippen molar-refractivity contribution in [3.05, 3.63) is 142 Å². The summed E-state index contributed by atoms with van der Waals surface area (Å²) < 4.78 is 34.9. The Balaban J connectivity index is 1.30. The number of thioether (sulfide) groups is 1. The number of benzene rings is 4. The molecule has 0 bridgehead atoms. The van der Waals surface area contributed by atoms with Crippen LogP contribution in [0.4, 0.5) is 13.9 Å². The molecule has 5 aromatic rings. The van der Waals surface area contributed by atoms with E-state index >= 15 is 4.39 Å². The van der Waals surface area contributed by atoms with Crippen LogP contribution in [0.1, 0.15) is 33.9 Å². The Bertz CT molecular complexity index is 1910. The van der Waals surface area contributed by atoms with E-state index in [-0.39, 0.29) is 27.6 Å². The molecule has 2 heterocycles. The SMILES string of the molecule is Cc1ccccc1COc1ccc(/C(O)=C2\C(=O)C(=O)N(c3nnc(SCc4ccc(F)cc4)s3)C2c2ccccc2F)cc1. The van der Waals surface area contributed by atoms with Gasteiger partial charge in [0.15, 0.2) is 4.34 Å². The maximum atomic E-state index is 15.2. The molecule has 1 N–H and O–H groups in total. The van der Waals surface area contributed by atoms with Gasteiger partial charge in [-0.05, 0) is 66.1 Å². The predicted molar refractivity (Wildman–Crippen MR) is 169 cm³/mol. The fraction of sp³-hybridized carbons (Fsp3) is 0.118. The summed E-state index contributed by atoms with van der Waals surface area (Å²) in [5.41, 5.74) is 2.99. The van der Waals surface area contributed by atoms with Gasteiger partial charge in [-0.3, -0.25) is 14.5 Å². The molecular formula is C34H25F2N3O4S2. The average Bonchev–Trinajstić information content (AvgIpc) is 3.62. The smallest absolute Gasteiger partial charge is 0.301 e. The number of aryl methyl sites for hydroxylation is 1. The Kier molecular flexibility index (Phi) is 8.72. The second-order valence-electron chi connectivity index (χ2n) is 10.2. The number of anilines is 1. The average molecular weight is 642 g/mol. The van der Waals surface area contributed by atoms with Crippen LogP contribution in [0.2, 0.25) is 0 Å². The van der Waals surface area contributed by atoms with Gasteiger partial charge in [0.1, 0.15) is 35.8 Å². The van der Waals surface area contributed by atoms with E-state index in [4.69, 9.17) is 4.74 Å². The van der Waals surface area contributed by atoms with Crippen LogP contribution < -0.4 is 9.64 Å². The Morgan fingerprint density at radius 1 is 0.933 bits per heavy atom. The van der Waals surface area contributed by atoms with Gasteiger partial charge in [0.2, 0.25) is 5.13 Å². The van der Waals surface area contributed by atoms with Gasteiger partial charge in [0.05, 0.1) is 5.57 Å². The van der Waals surface area contributed by atoms with Gasteiger partial charge in [-0.25, -0.2) is 8.78 Å². The number of aliphatic hydroxyl groups excluding tert-OH is 1. The molecule has 6 rings (SSSR count). The van der Waals surface area contributed by atoms with E-state index < -0.39 is 29.3 Å². The first-order chi connectivity index (χ1) is 21.8. The number of carbonyl (C=O) groups is 2. The highest BCUT2D eigenvalue weighted by Crippen LogP contribution is 2.44. The second kappa shape index (κ2) is 13.0. The third kappa shape index (κ3) is 6.36. The Morgan fingerprint density at radius 3 is 2.38 bits per heavy atom. The lowest BCUT2D eigenvalue weighted by atomic mass is 9.95.